The topological polar surface area (TPSA) is 57.6 Å². The number of likely N-dealkylation sites (tertiary alicyclic amines) is 1. The van der Waals surface area contributed by atoms with Gasteiger partial charge in [0.15, 0.2) is 0 Å². The minimum absolute atomic E-state index is 0.0705. The molecule has 2 aliphatic rings. The van der Waals surface area contributed by atoms with Gasteiger partial charge in [0, 0.05) is 12.5 Å². The first-order valence-corrected chi connectivity index (χ1v) is 5.23. The van der Waals surface area contributed by atoms with Crippen molar-refractivity contribution in [2.45, 2.75) is 38.1 Å². The van der Waals surface area contributed by atoms with Crippen LogP contribution in [-0.4, -0.2) is 34.5 Å². The van der Waals surface area contributed by atoms with Crippen molar-refractivity contribution in [2.75, 3.05) is 6.54 Å². The van der Waals surface area contributed by atoms with E-state index in [0.29, 0.717) is 13.0 Å². The van der Waals surface area contributed by atoms with Crippen molar-refractivity contribution in [3.8, 4) is 0 Å². The summed E-state index contributed by atoms with van der Waals surface area (Å²) in [6.45, 7) is 0.631. The lowest BCUT2D eigenvalue weighted by Gasteiger charge is -2.31. The van der Waals surface area contributed by atoms with E-state index < -0.39 is 12.0 Å². The van der Waals surface area contributed by atoms with Crippen LogP contribution < -0.4 is 0 Å². The first-order chi connectivity index (χ1) is 6.70. The van der Waals surface area contributed by atoms with Crippen LogP contribution in [0.25, 0.3) is 0 Å². The number of carbonyl (C=O) groups is 2. The molecule has 14 heavy (non-hydrogen) atoms. The summed E-state index contributed by atoms with van der Waals surface area (Å²) < 4.78 is 0. The Balaban J connectivity index is 2.01. The number of carboxylic acids is 1. The van der Waals surface area contributed by atoms with Crippen LogP contribution >= 0.6 is 0 Å². The predicted molar refractivity (Wildman–Crippen MR) is 49.7 cm³/mol. The van der Waals surface area contributed by atoms with E-state index in [0.717, 1.165) is 25.7 Å². The summed E-state index contributed by atoms with van der Waals surface area (Å²) in [4.78, 5) is 24.2. The van der Waals surface area contributed by atoms with Gasteiger partial charge in [0.2, 0.25) is 5.91 Å². The van der Waals surface area contributed by atoms with Crippen LogP contribution in [-0.2, 0) is 9.59 Å². The molecule has 4 nitrogen and oxygen atoms in total. The Morgan fingerprint density at radius 3 is 2.36 bits per heavy atom. The molecule has 0 aromatic carbocycles. The molecule has 1 saturated heterocycles. The molecule has 2 fully saturated rings. The SMILES string of the molecule is O=C(O)C1CCCN1C(=O)C1CCC1. The highest BCUT2D eigenvalue weighted by Crippen LogP contribution is 2.31. The number of amides is 1. The van der Waals surface area contributed by atoms with E-state index in [1.54, 1.807) is 4.90 Å². The van der Waals surface area contributed by atoms with Gasteiger partial charge in [-0.15, -0.1) is 0 Å². The summed E-state index contributed by atoms with van der Waals surface area (Å²) in [5.74, 6) is -0.661. The van der Waals surface area contributed by atoms with E-state index in [2.05, 4.69) is 0 Å². The maximum atomic E-state index is 11.8. The lowest BCUT2D eigenvalue weighted by atomic mass is 9.84. The second kappa shape index (κ2) is 3.59. The molecule has 1 saturated carbocycles. The maximum Gasteiger partial charge on any atom is 0.326 e. The van der Waals surface area contributed by atoms with Crippen molar-refractivity contribution in [2.24, 2.45) is 5.92 Å². The first kappa shape index (κ1) is 9.49. The number of aliphatic carboxylic acids is 1. The van der Waals surface area contributed by atoms with Gasteiger partial charge in [0.25, 0.3) is 0 Å². The molecular formula is C10H15NO3. The Hall–Kier alpha value is -1.06. The molecule has 1 unspecified atom stereocenters. The molecule has 1 N–H and O–H groups in total. The summed E-state index contributed by atoms with van der Waals surface area (Å²) >= 11 is 0. The monoisotopic (exact) mass is 197 g/mol. The number of hydrogen-bond donors (Lipinski definition) is 1. The zero-order chi connectivity index (χ0) is 10.1. The third-order valence-electron chi connectivity index (χ3n) is 3.28. The van der Waals surface area contributed by atoms with E-state index in [1.165, 1.54) is 0 Å². The summed E-state index contributed by atoms with van der Waals surface area (Å²) in [7, 11) is 0. The highest BCUT2D eigenvalue weighted by Gasteiger charge is 2.38. The molecule has 1 atom stereocenters. The number of hydrogen-bond acceptors (Lipinski definition) is 2. The van der Waals surface area contributed by atoms with Gasteiger partial charge in [-0.05, 0) is 25.7 Å². The average molecular weight is 197 g/mol. The van der Waals surface area contributed by atoms with Crippen LogP contribution in [0.4, 0.5) is 0 Å². The molecule has 1 aliphatic heterocycles. The summed E-state index contributed by atoms with van der Waals surface area (Å²) in [5, 5.41) is 8.91. The minimum Gasteiger partial charge on any atom is -0.480 e. The molecule has 0 aromatic rings. The van der Waals surface area contributed by atoms with Crippen LogP contribution in [0.2, 0.25) is 0 Å². The number of rotatable bonds is 2. The van der Waals surface area contributed by atoms with Crippen molar-refractivity contribution >= 4 is 11.9 Å². The molecule has 0 aromatic heterocycles. The van der Waals surface area contributed by atoms with Gasteiger partial charge in [-0.25, -0.2) is 4.79 Å². The van der Waals surface area contributed by atoms with Gasteiger partial charge < -0.3 is 10.0 Å². The van der Waals surface area contributed by atoms with E-state index >= 15 is 0 Å². The number of carbonyl (C=O) groups excluding carboxylic acids is 1. The zero-order valence-corrected chi connectivity index (χ0v) is 8.11. The highest BCUT2D eigenvalue weighted by atomic mass is 16.4. The van der Waals surface area contributed by atoms with Gasteiger partial charge in [0.1, 0.15) is 6.04 Å². The van der Waals surface area contributed by atoms with E-state index in [9.17, 15) is 9.59 Å². The number of carboxylic acid groups (broad SMARTS) is 1. The van der Waals surface area contributed by atoms with E-state index in [1.807, 2.05) is 0 Å². The third kappa shape index (κ3) is 1.49. The minimum atomic E-state index is -0.852. The summed E-state index contributed by atoms with van der Waals surface area (Å²) in [5.41, 5.74) is 0. The van der Waals surface area contributed by atoms with E-state index in [4.69, 9.17) is 5.11 Å². The van der Waals surface area contributed by atoms with Gasteiger partial charge in [-0.2, -0.15) is 0 Å². The van der Waals surface area contributed by atoms with Gasteiger partial charge in [-0.3, -0.25) is 4.79 Å². The first-order valence-electron chi connectivity index (χ1n) is 5.23. The Morgan fingerprint density at radius 1 is 1.14 bits per heavy atom. The molecule has 78 valence electrons. The zero-order valence-electron chi connectivity index (χ0n) is 8.11. The molecule has 4 heteroatoms. The molecule has 1 amide bonds. The molecule has 2 rings (SSSR count). The van der Waals surface area contributed by atoms with E-state index in [-0.39, 0.29) is 11.8 Å². The fraction of sp³-hybridized carbons (Fsp3) is 0.800. The van der Waals surface area contributed by atoms with Crippen molar-refractivity contribution in [1.29, 1.82) is 0 Å². The molecule has 0 spiro atoms. The molecule has 0 radical (unpaired) electrons. The van der Waals surface area contributed by atoms with Gasteiger partial charge in [-0.1, -0.05) is 6.42 Å². The average Bonchev–Trinajstić information content (AvgIpc) is 2.47. The van der Waals surface area contributed by atoms with Crippen molar-refractivity contribution in [3.05, 3.63) is 0 Å². The summed E-state index contributed by atoms with van der Waals surface area (Å²) in [6, 6.07) is -0.553. The number of nitrogens with zero attached hydrogens (tertiary/aromatic N) is 1. The third-order valence-corrected chi connectivity index (χ3v) is 3.28. The van der Waals surface area contributed by atoms with Gasteiger partial charge in [0.05, 0.1) is 0 Å². The van der Waals surface area contributed by atoms with Crippen LogP contribution in [0.3, 0.4) is 0 Å². The van der Waals surface area contributed by atoms with Gasteiger partial charge >= 0.3 is 5.97 Å². The maximum absolute atomic E-state index is 11.8. The fourth-order valence-corrected chi connectivity index (χ4v) is 2.18. The lowest BCUT2D eigenvalue weighted by Crippen LogP contribution is -2.45. The molecule has 1 aliphatic carbocycles. The van der Waals surface area contributed by atoms with Crippen molar-refractivity contribution in [3.63, 3.8) is 0 Å². The van der Waals surface area contributed by atoms with Crippen LogP contribution in [0.5, 0.6) is 0 Å². The Morgan fingerprint density at radius 2 is 1.86 bits per heavy atom. The predicted octanol–water partition coefficient (Wildman–Crippen LogP) is 0.862. The highest BCUT2D eigenvalue weighted by molar-refractivity contribution is 5.86. The fourth-order valence-electron chi connectivity index (χ4n) is 2.18. The summed E-state index contributed by atoms with van der Waals surface area (Å²) in [6.07, 6.45) is 4.45. The van der Waals surface area contributed by atoms with Crippen LogP contribution in [0, 0.1) is 5.92 Å². The largest absolute Gasteiger partial charge is 0.480 e. The van der Waals surface area contributed by atoms with Crippen molar-refractivity contribution < 1.29 is 14.7 Å². The Bertz CT molecular complexity index is 260. The second-order valence-electron chi connectivity index (χ2n) is 4.16. The smallest absolute Gasteiger partial charge is 0.326 e. The lowest BCUT2D eigenvalue weighted by molar-refractivity contribution is -0.151. The molecule has 0 bridgehead atoms. The van der Waals surface area contributed by atoms with Crippen LogP contribution in [0.15, 0.2) is 0 Å². The van der Waals surface area contributed by atoms with Crippen LogP contribution in [0.1, 0.15) is 32.1 Å². The Kier molecular flexibility index (Phi) is 2.44. The quantitative estimate of drug-likeness (QED) is 0.714. The molecular weight excluding hydrogens is 182 g/mol. The normalized spacial score (nSPS) is 27.4. The standard InChI is InChI=1S/C10H15NO3/c12-9(7-3-1-4-7)11-6-2-5-8(11)10(13)14/h7-8H,1-6H2,(H,13,14). The molecule has 1 heterocycles. The second-order valence-corrected chi connectivity index (χ2v) is 4.16. The van der Waals surface area contributed by atoms with Crippen molar-refractivity contribution in [1.82, 2.24) is 4.90 Å². The Labute approximate surface area is 82.9 Å².